The summed E-state index contributed by atoms with van der Waals surface area (Å²) in [5.74, 6) is 1.47. The van der Waals surface area contributed by atoms with E-state index in [1.165, 1.54) is 30.4 Å². The van der Waals surface area contributed by atoms with E-state index in [0.717, 1.165) is 5.92 Å². The summed E-state index contributed by atoms with van der Waals surface area (Å²) in [6.45, 7) is 6.33. The molecule has 3 atom stereocenters. The summed E-state index contributed by atoms with van der Waals surface area (Å²) < 4.78 is 0. The van der Waals surface area contributed by atoms with E-state index in [1.807, 2.05) is 6.08 Å². The fourth-order valence-electron chi connectivity index (χ4n) is 3.73. The van der Waals surface area contributed by atoms with Crippen molar-refractivity contribution in [3.05, 3.63) is 54.1 Å². The third kappa shape index (κ3) is 1.58. The van der Waals surface area contributed by atoms with Crippen molar-refractivity contribution in [2.45, 2.75) is 32.1 Å². The molecule has 1 fully saturated rings. The van der Waals surface area contributed by atoms with Gasteiger partial charge in [-0.2, -0.15) is 0 Å². The summed E-state index contributed by atoms with van der Waals surface area (Å²) in [5.41, 5.74) is 3.21. The maximum absolute atomic E-state index is 3.94. The van der Waals surface area contributed by atoms with Crippen molar-refractivity contribution < 1.29 is 0 Å². The van der Waals surface area contributed by atoms with E-state index in [-0.39, 0.29) is 0 Å². The van der Waals surface area contributed by atoms with Gasteiger partial charge in [-0.15, -0.1) is 0 Å². The highest BCUT2D eigenvalue weighted by atomic mass is 14.5. The first-order valence-corrected chi connectivity index (χ1v) is 6.66. The third-order valence-corrected chi connectivity index (χ3v) is 4.87. The fourth-order valence-corrected chi connectivity index (χ4v) is 3.73. The van der Waals surface area contributed by atoms with E-state index in [1.54, 1.807) is 0 Å². The van der Waals surface area contributed by atoms with Gasteiger partial charge in [0.2, 0.25) is 0 Å². The highest BCUT2D eigenvalue weighted by molar-refractivity contribution is 5.53. The van der Waals surface area contributed by atoms with Gasteiger partial charge in [0.15, 0.2) is 0 Å². The smallest absolute Gasteiger partial charge is 0.00461 e. The molecule has 3 rings (SSSR count). The van der Waals surface area contributed by atoms with Crippen LogP contribution < -0.4 is 0 Å². The van der Waals surface area contributed by atoms with Crippen LogP contribution in [0.4, 0.5) is 0 Å². The molecule has 1 aromatic rings. The van der Waals surface area contributed by atoms with Gasteiger partial charge in [0.25, 0.3) is 0 Å². The molecular weight excluding hydrogens is 204 g/mol. The van der Waals surface area contributed by atoms with Crippen molar-refractivity contribution in [3.8, 4) is 0 Å². The maximum atomic E-state index is 3.94. The fraction of sp³-hybridized carbons (Fsp3) is 0.412. The van der Waals surface area contributed by atoms with Crippen molar-refractivity contribution in [1.29, 1.82) is 0 Å². The Bertz CT molecular complexity index is 469. The monoisotopic (exact) mass is 224 g/mol. The molecule has 0 N–H and O–H groups in total. The molecule has 2 bridgehead atoms. The third-order valence-electron chi connectivity index (χ3n) is 4.87. The Morgan fingerprint density at radius 2 is 2.24 bits per heavy atom. The quantitative estimate of drug-likeness (QED) is 0.648. The van der Waals surface area contributed by atoms with Gasteiger partial charge in [-0.3, -0.25) is 0 Å². The lowest BCUT2D eigenvalue weighted by Gasteiger charge is -2.32. The van der Waals surface area contributed by atoms with Crippen LogP contribution in [0.1, 0.15) is 43.2 Å². The Morgan fingerprint density at radius 3 is 2.82 bits per heavy atom. The standard InChI is InChI=1S/C17H20/c1-3-15-6-4-5-7-16(15)13(2)17-10-8-14(12-17)9-11-17/h3-8,10,13-14H,1,9,11-12H2,2H3. The lowest BCUT2D eigenvalue weighted by molar-refractivity contribution is 0.333. The van der Waals surface area contributed by atoms with Gasteiger partial charge in [-0.25, -0.2) is 0 Å². The molecule has 0 heterocycles. The summed E-state index contributed by atoms with van der Waals surface area (Å²) in [5, 5.41) is 0. The normalized spacial score (nSPS) is 31.7. The van der Waals surface area contributed by atoms with Gasteiger partial charge in [-0.05, 0) is 47.6 Å². The number of hydrogen-bond acceptors (Lipinski definition) is 0. The second kappa shape index (κ2) is 3.87. The summed E-state index contributed by atoms with van der Waals surface area (Å²) in [7, 11) is 0. The number of rotatable bonds is 3. The molecule has 0 saturated heterocycles. The van der Waals surface area contributed by atoms with Crippen LogP contribution in [0.15, 0.2) is 43.0 Å². The summed E-state index contributed by atoms with van der Waals surface area (Å²) >= 11 is 0. The zero-order valence-electron chi connectivity index (χ0n) is 10.5. The van der Waals surface area contributed by atoms with Crippen LogP contribution in [0.2, 0.25) is 0 Å². The minimum atomic E-state index is 0.434. The maximum Gasteiger partial charge on any atom is -0.00461 e. The number of benzene rings is 1. The Morgan fingerprint density at radius 1 is 1.41 bits per heavy atom. The Kier molecular flexibility index (Phi) is 2.47. The minimum Gasteiger partial charge on any atom is -0.0985 e. The van der Waals surface area contributed by atoms with Gasteiger partial charge >= 0.3 is 0 Å². The van der Waals surface area contributed by atoms with Gasteiger partial charge in [0.1, 0.15) is 0 Å². The summed E-state index contributed by atoms with van der Waals surface area (Å²) in [6, 6.07) is 8.71. The van der Waals surface area contributed by atoms with Gasteiger partial charge < -0.3 is 0 Å². The summed E-state index contributed by atoms with van der Waals surface area (Å²) in [4.78, 5) is 0. The van der Waals surface area contributed by atoms with Crippen LogP contribution in [0.3, 0.4) is 0 Å². The van der Waals surface area contributed by atoms with E-state index < -0.39 is 0 Å². The Labute approximate surface area is 104 Å². The van der Waals surface area contributed by atoms with Crippen molar-refractivity contribution in [3.63, 3.8) is 0 Å². The van der Waals surface area contributed by atoms with Crippen molar-refractivity contribution >= 4 is 6.08 Å². The molecule has 1 aromatic carbocycles. The second-order valence-electron chi connectivity index (χ2n) is 5.65. The van der Waals surface area contributed by atoms with Crippen LogP contribution in [-0.4, -0.2) is 0 Å². The highest BCUT2D eigenvalue weighted by Gasteiger charge is 2.44. The van der Waals surface area contributed by atoms with Crippen molar-refractivity contribution in [2.24, 2.45) is 11.3 Å². The number of fused-ring (bicyclic) bond motifs is 2. The van der Waals surface area contributed by atoms with Crippen LogP contribution in [-0.2, 0) is 0 Å². The highest BCUT2D eigenvalue weighted by Crippen LogP contribution is 2.56. The minimum absolute atomic E-state index is 0.434. The molecule has 0 radical (unpaired) electrons. The molecule has 0 aliphatic heterocycles. The lowest BCUT2D eigenvalue weighted by atomic mass is 9.71. The topological polar surface area (TPSA) is 0 Å². The molecular formula is C17H20. The lowest BCUT2D eigenvalue weighted by Crippen LogP contribution is -2.20. The molecule has 2 aliphatic rings. The molecule has 0 amide bonds. The molecule has 0 nitrogen and oxygen atoms in total. The molecule has 0 heteroatoms. The first kappa shape index (κ1) is 10.8. The SMILES string of the molecule is C=Cc1ccccc1C(C)C12C=CC(CC1)C2. The second-order valence-corrected chi connectivity index (χ2v) is 5.65. The number of allylic oxidation sites excluding steroid dienone is 2. The van der Waals surface area contributed by atoms with Gasteiger partial charge in [0.05, 0.1) is 0 Å². The Hall–Kier alpha value is -1.30. The largest absolute Gasteiger partial charge is 0.0985 e. The van der Waals surface area contributed by atoms with Gasteiger partial charge in [-0.1, -0.05) is 56.0 Å². The van der Waals surface area contributed by atoms with Crippen LogP contribution >= 0.6 is 0 Å². The zero-order valence-corrected chi connectivity index (χ0v) is 10.5. The van der Waals surface area contributed by atoms with Gasteiger partial charge in [0, 0.05) is 0 Å². The first-order chi connectivity index (χ1) is 8.25. The first-order valence-electron chi connectivity index (χ1n) is 6.66. The van der Waals surface area contributed by atoms with E-state index in [0.29, 0.717) is 11.3 Å². The number of hydrogen-bond donors (Lipinski definition) is 0. The molecule has 88 valence electrons. The predicted molar refractivity (Wildman–Crippen MR) is 73.9 cm³/mol. The molecule has 17 heavy (non-hydrogen) atoms. The van der Waals surface area contributed by atoms with Crippen LogP contribution in [0.25, 0.3) is 6.08 Å². The average molecular weight is 224 g/mol. The Balaban J connectivity index is 1.99. The molecule has 0 spiro atoms. The molecule has 2 aliphatic carbocycles. The summed E-state index contributed by atoms with van der Waals surface area (Å²) in [6.07, 6.45) is 11.0. The molecule has 0 aromatic heterocycles. The van der Waals surface area contributed by atoms with Crippen LogP contribution in [0.5, 0.6) is 0 Å². The van der Waals surface area contributed by atoms with Crippen LogP contribution in [0, 0.1) is 11.3 Å². The zero-order chi connectivity index (χ0) is 11.9. The van der Waals surface area contributed by atoms with E-state index in [2.05, 4.69) is 49.9 Å². The molecule has 1 saturated carbocycles. The van der Waals surface area contributed by atoms with Crippen molar-refractivity contribution in [1.82, 2.24) is 0 Å². The van der Waals surface area contributed by atoms with E-state index >= 15 is 0 Å². The van der Waals surface area contributed by atoms with Crippen molar-refractivity contribution in [2.75, 3.05) is 0 Å². The average Bonchev–Trinajstić information content (AvgIpc) is 2.99. The predicted octanol–water partition coefficient (Wildman–Crippen LogP) is 4.79. The van der Waals surface area contributed by atoms with E-state index in [4.69, 9.17) is 0 Å². The van der Waals surface area contributed by atoms with E-state index in [9.17, 15) is 0 Å². The molecule has 3 unspecified atom stereocenters.